The van der Waals surface area contributed by atoms with E-state index in [4.69, 9.17) is 21.1 Å². The average Bonchev–Trinajstić information content (AvgIpc) is 3.13. The van der Waals surface area contributed by atoms with E-state index in [0.717, 1.165) is 0 Å². The van der Waals surface area contributed by atoms with E-state index < -0.39 is 29.3 Å². The lowest BCUT2D eigenvalue weighted by molar-refractivity contribution is -0.383. The standard InChI is InChI=1S/C20H18ClN3O7/c1-30-13-6-7-17(24(28)29)15(9-13)22-18(25)11-31-20(27)12-8-19(26)23(10-12)16-5-3-2-4-14(16)21/h2-7,9,12H,8,10-11H2,1H3,(H,22,25)/t12-/m1/s1. The van der Waals surface area contributed by atoms with Crippen LogP contribution in [0, 0.1) is 16.0 Å². The van der Waals surface area contributed by atoms with Crippen LogP contribution < -0.4 is 15.0 Å². The maximum absolute atomic E-state index is 12.3. The van der Waals surface area contributed by atoms with Crippen molar-refractivity contribution in [2.75, 3.05) is 30.5 Å². The number of amides is 2. The van der Waals surface area contributed by atoms with Gasteiger partial charge in [0.05, 0.1) is 28.7 Å². The van der Waals surface area contributed by atoms with Gasteiger partial charge in [-0.05, 0) is 18.2 Å². The summed E-state index contributed by atoms with van der Waals surface area (Å²) in [5.74, 6) is -2.23. The van der Waals surface area contributed by atoms with E-state index in [1.165, 1.54) is 30.2 Å². The number of rotatable bonds is 7. The van der Waals surface area contributed by atoms with Crippen molar-refractivity contribution < 1.29 is 28.8 Å². The minimum absolute atomic E-state index is 0.0738. The van der Waals surface area contributed by atoms with Crippen molar-refractivity contribution in [3.05, 3.63) is 57.6 Å². The second-order valence-corrected chi connectivity index (χ2v) is 7.06. The number of nitrogens with one attached hydrogen (secondary N) is 1. The summed E-state index contributed by atoms with van der Waals surface area (Å²) >= 11 is 6.11. The normalized spacial score (nSPS) is 15.5. The summed E-state index contributed by atoms with van der Waals surface area (Å²) in [5.41, 5.74) is 0.0659. The summed E-state index contributed by atoms with van der Waals surface area (Å²) in [7, 11) is 1.38. The third-order valence-electron chi connectivity index (χ3n) is 4.62. The minimum Gasteiger partial charge on any atom is -0.497 e. The van der Waals surface area contributed by atoms with Crippen LogP contribution in [0.15, 0.2) is 42.5 Å². The lowest BCUT2D eigenvalue weighted by Crippen LogP contribution is -2.28. The number of ether oxygens (including phenoxy) is 2. The molecule has 0 aromatic heterocycles. The van der Waals surface area contributed by atoms with E-state index in [9.17, 15) is 24.5 Å². The molecule has 1 heterocycles. The van der Waals surface area contributed by atoms with Crippen molar-refractivity contribution in [1.82, 2.24) is 0 Å². The molecule has 1 saturated heterocycles. The highest BCUT2D eigenvalue weighted by Gasteiger charge is 2.37. The van der Waals surface area contributed by atoms with Gasteiger partial charge in [-0.1, -0.05) is 23.7 Å². The highest BCUT2D eigenvalue weighted by atomic mass is 35.5. The zero-order chi connectivity index (χ0) is 22.5. The van der Waals surface area contributed by atoms with Crippen molar-refractivity contribution >= 4 is 46.4 Å². The van der Waals surface area contributed by atoms with E-state index in [1.54, 1.807) is 24.3 Å². The van der Waals surface area contributed by atoms with Crippen LogP contribution in [0.3, 0.4) is 0 Å². The minimum atomic E-state index is -0.767. The molecular formula is C20H18ClN3O7. The fourth-order valence-corrected chi connectivity index (χ4v) is 3.35. The molecule has 31 heavy (non-hydrogen) atoms. The van der Waals surface area contributed by atoms with Crippen molar-refractivity contribution in [1.29, 1.82) is 0 Å². The zero-order valence-electron chi connectivity index (χ0n) is 16.4. The molecule has 0 radical (unpaired) electrons. The van der Waals surface area contributed by atoms with Crippen LogP contribution in [0.4, 0.5) is 17.1 Å². The SMILES string of the molecule is COc1ccc([N+](=O)[O-])c(NC(=O)COC(=O)[C@@H]2CC(=O)N(c3ccccc3Cl)C2)c1. The smallest absolute Gasteiger partial charge is 0.311 e. The van der Waals surface area contributed by atoms with E-state index in [0.29, 0.717) is 16.5 Å². The molecular weight excluding hydrogens is 430 g/mol. The number of hydrogen-bond acceptors (Lipinski definition) is 7. The molecule has 10 nitrogen and oxygen atoms in total. The van der Waals surface area contributed by atoms with Crippen molar-refractivity contribution in [3.63, 3.8) is 0 Å². The molecule has 1 N–H and O–H groups in total. The fourth-order valence-electron chi connectivity index (χ4n) is 3.11. The van der Waals surface area contributed by atoms with Crippen LogP contribution in [0.5, 0.6) is 5.75 Å². The van der Waals surface area contributed by atoms with Crippen LogP contribution in [-0.2, 0) is 19.1 Å². The molecule has 0 saturated carbocycles. The molecule has 1 atom stereocenters. The number of anilines is 2. The first-order chi connectivity index (χ1) is 14.8. The highest BCUT2D eigenvalue weighted by Crippen LogP contribution is 2.31. The Kier molecular flexibility index (Phi) is 6.71. The molecule has 2 amide bonds. The van der Waals surface area contributed by atoms with Crippen LogP contribution >= 0.6 is 11.6 Å². The summed E-state index contributed by atoms with van der Waals surface area (Å²) < 4.78 is 10.0. The van der Waals surface area contributed by atoms with Crippen molar-refractivity contribution in [3.8, 4) is 5.75 Å². The molecule has 1 aliphatic heterocycles. The van der Waals surface area contributed by atoms with Gasteiger partial charge in [0.25, 0.3) is 11.6 Å². The van der Waals surface area contributed by atoms with Gasteiger partial charge in [0.2, 0.25) is 5.91 Å². The Hall–Kier alpha value is -3.66. The summed E-state index contributed by atoms with van der Waals surface area (Å²) in [6, 6.07) is 10.6. The number of nitro benzene ring substituents is 1. The second kappa shape index (κ2) is 9.43. The van der Waals surface area contributed by atoms with Crippen LogP contribution in [0.1, 0.15) is 6.42 Å². The summed E-state index contributed by atoms with van der Waals surface area (Å²) in [4.78, 5) is 48.7. The van der Waals surface area contributed by atoms with E-state index in [1.807, 2.05) is 0 Å². The quantitative estimate of drug-likeness (QED) is 0.392. The van der Waals surface area contributed by atoms with Gasteiger partial charge < -0.3 is 19.7 Å². The molecule has 3 rings (SSSR count). The van der Waals surface area contributed by atoms with Gasteiger partial charge in [-0.15, -0.1) is 0 Å². The summed E-state index contributed by atoms with van der Waals surface area (Å²) in [6.07, 6.45) is -0.0764. The molecule has 1 fully saturated rings. The first-order valence-electron chi connectivity index (χ1n) is 9.14. The number of hydrogen-bond donors (Lipinski definition) is 1. The third-order valence-corrected chi connectivity index (χ3v) is 4.94. The first-order valence-corrected chi connectivity index (χ1v) is 9.51. The zero-order valence-corrected chi connectivity index (χ0v) is 17.1. The monoisotopic (exact) mass is 447 g/mol. The predicted octanol–water partition coefficient (Wildman–Crippen LogP) is 2.79. The fraction of sp³-hybridized carbons (Fsp3) is 0.250. The summed E-state index contributed by atoms with van der Waals surface area (Å²) in [6.45, 7) is -0.589. The van der Waals surface area contributed by atoms with E-state index >= 15 is 0 Å². The molecule has 162 valence electrons. The number of nitrogens with zero attached hydrogens (tertiary/aromatic N) is 2. The number of carbonyl (C=O) groups is 3. The Bertz CT molecular complexity index is 1040. The van der Waals surface area contributed by atoms with Crippen LogP contribution in [0.25, 0.3) is 0 Å². The second-order valence-electron chi connectivity index (χ2n) is 6.65. The number of para-hydroxylation sites is 1. The third kappa shape index (κ3) is 5.10. The number of esters is 1. The number of methoxy groups -OCH3 is 1. The van der Waals surface area contributed by atoms with Gasteiger partial charge in [0, 0.05) is 25.1 Å². The van der Waals surface area contributed by atoms with E-state index in [-0.39, 0.29) is 30.2 Å². The molecule has 2 aromatic rings. The molecule has 11 heteroatoms. The molecule has 2 aromatic carbocycles. The summed E-state index contributed by atoms with van der Waals surface area (Å²) in [5, 5.41) is 13.8. The number of nitro groups is 1. The average molecular weight is 448 g/mol. The Morgan fingerprint density at radius 3 is 2.71 bits per heavy atom. The Morgan fingerprint density at radius 2 is 2.03 bits per heavy atom. The van der Waals surface area contributed by atoms with Gasteiger partial charge in [-0.2, -0.15) is 0 Å². The Balaban J connectivity index is 1.59. The Morgan fingerprint density at radius 1 is 1.29 bits per heavy atom. The number of benzene rings is 2. The van der Waals surface area contributed by atoms with Crippen molar-refractivity contribution in [2.24, 2.45) is 5.92 Å². The van der Waals surface area contributed by atoms with Crippen LogP contribution in [-0.4, -0.2) is 43.0 Å². The maximum Gasteiger partial charge on any atom is 0.311 e. The lowest BCUT2D eigenvalue weighted by Gasteiger charge is -2.17. The van der Waals surface area contributed by atoms with Gasteiger partial charge in [-0.3, -0.25) is 24.5 Å². The van der Waals surface area contributed by atoms with Gasteiger partial charge in [0.15, 0.2) is 6.61 Å². The predicted molar refractivity (Wildman–Crippen MR) is 111 cm³/mol. The lowest BCUT2D eigenvalue weighted by atomic mass is 10.1. The molecule has 0 aliphatic carbocycles. The van der Waals surface area contributed by atoms with Gasteiger partial charge in [0.1, 0.15) is 11.4 Å². The molecule has 0 bridgehead atoms. The molecule has 0 unspecified atom stereocenters. The van der Waals surface area contributed by atoms with Gasteiger partial charge >= 0.3 is 5.97 Å². The Labute approximate surface area is 181 Å². The number of halogens is 1. The van der Waals surface area contributed by atoms with E-state index in [2.05, 4.69) is 5.32 Å². The first kappa shape index (κ1) is 22.0. The van der Waals surface area contributed by atoms with Gasteiger partial charge in [-0.25, -0.2) is 0 Å². The van der Waals surface area contributed by atoms with Crippen LogP contribution in [0.2, 0.25) is 5.02 Å². The topological polar surface area (TPSA) is 128 Å². The van der Waals surface area contributed by atoms with Crippen molar-refractivity contribution in [2.45, 2.75) is 6.42 Å². The maximum atomic E-state index is 12.3. The highest BCUT2D eigenvalue weighted by molar-refractivity contribution is 6.33. The molecule has 1 aliphatic rings. The largest absolute Gasteiger partial charge is 0.497 e. The molecule has 0 spiro atoms. The number of carbonyl (C=O) groups excluding carboxylic acids is 3.